The maximum Gasteiger partial charge on any atom is 0.227 e. The molecule has 116 valence electrons. The summed E-state index contributed by atoms with van der Waals surface area (Å²) in [5.41, 5.74) is -0.304. The van der Waals surface area contributed by atoms with E-state index < -0.39 is 11.4 Å². The van der Waals surface area contributed by atoms with E-state index in [4.69, 9.17) is 0 Å². The third-order valence-electron chi connectivity index (χ3n) is 3.92. The highest BCUT2D eigenvalue weighted by Gasteiger charge is 2.33. The summed E-state index contributed by atoms with van der Waals surface area (Å²) in [6.45, 7) is 0. The average Bonchev–Trinajstić information content (AvgIpc) is 3.10. The molecule has 0 spiro atoms. The lowest BCUT2D eigenvalue weighted by Crippen LogP contribution is -2.30. The number of halogens is 1. The summed E-state index contributed by atoms with van der Waals surface area (Å²) in [6, 6.07) is 4.34. The number of carbonyl (C=O) groups is 1. The molecule has 1 aliphatic rings. The molecule has 22 heavy (non-hydrogen) atoms. The molecular formula is C15H17FN4O2. The van der Waals surface area contributed by atoms with E-state index in [1.807, 2.05) is 0 Å². The molecule has 1 aromatic heterocycles. The van der Waals surface area contributed by atoms with Crippen molar-refractivity contribution in [1.29, 1.82) is 0 Å². The van der Waals surface area contributed by atoms with Gasteiger partial charge in [-0.05, 0) is 31.0 Å². The van der Waals surface area contributed by atoms with Crippen molar-refractivity contribution in [2.45, 2.75) is 37.7 Å². The molecule has 1 saturated carbocycles. The second-order valence-electron chi connectivity index (χ2n) is 5.66. The van der Waals surface area contributed by atoms with Gasteiger partial charge in [-0.3, -0.25) is 4.79 Å². The van der Waals surface area contributed by atoms with Crippen LogP contribution in [0.15, 0.2) is 30.9 Å². The molecule has 3 rings (SSSR count). The van der Waals surface area contributed by atoms with Gasteiger partial charge in [0, 0.05) is 5.69 Å². The van der Waals surface area contributed by atoms with Crippen molar-refractivity contribution in [2.24, 2.45) is 0 Å². The van der Waals surface area contributed by atoms with Crippen LogP contribution in [0.3, 0.4) is 0 Å². The molecule has 6 nitrogen and oxygen atoms in total. The number of anilines is 1. The van der Waals surface area contributed by atoms with Crippen molar-refractivity contribution in [1.82, 2.24) is 14.8 Å². The lowest BCUT2D eigenvalue weighted by Gasteiger charge is -2.21. The maximum atomic E-state index is 14.1. The Hall–Kier alpha value is -2.28. The summed E-state index contributed by atoms with van der Waals surface area (Å²) in [5, 5.41) is 16.7. The standard InChI is InChI=1S/C15H17FN4O2/c16-12-7-11(3-4-13(12)20-10-17-9-18-20)19-14(21)8-15(22)5-1-2-6-15/h3-4,7,9-10,22H,1-2,5-6,8H2,(H,19,21). The fraction of sp³-hybridized carbons (Fsp3) is 0.400. The molecule has 2 aromatic rings. The molecule has 0 radical (unpaired) electrons. The van der Waals surface area contributed by atoms with Gasteiger partial charge in [0.15, 0.2) is 5.82 Å². The van der Waals surface area contributed by atoms with E-state index in [1.54, 1.807) is 6.07 Å². The number of nitrogens with one attached hydrogen (secondary N) is 1. The minimum atomic E-state index is -0.913. The first kappa shape index (κ1) is 14.6. The van der Waals surface area contributed by atoms with E-state index in [2.05, 4.69) is 15.4 Å². The Labute approximate surface area is 127 Å². The number of nitrogens with zero attached hydrogens (tertiary/aromatic N) is 3. The summed E-state index contributed by atoms with van der Waals surface area (Å²) in [4.78, 5) is 15.7. The van der Waals surface area contributed by atoms with Crippen molar-refractivity contribution in [3.8, 4) is 5.69 Å². The molecule has 7 heteroatoms. The minimum absolute atomic E-state index is 0.0411. The number of aromatic nitrogens is 3. The molecule has 2 N–H and O–H groups in total. The first-order chi connectivity index (χ1) is 10.6. The van der Waals surface area contributed by atoms with Gasteiger partial charge in [0.1, 0.15) is 18.3 Å². The maximum absolute atomic E-state index is 14.1. The van der Waals surface area contributed by atoms with Crippen molar-refractivity contribution in [2.75, 3.05) is 5.32 Å². The summed E-state index contributed by atoms with van der Waals surface area (Å²) in [6.07, 6.45) is 5.90. The third kappa shape index (κ3) is 3.14. The van der Waals surface area contributed by atoms with Crippen LogP contribution in [-0.2, 0) is 4.79 Å². The molecule has 0 unspecified atom stereocenters. The molecular weight excluding hydrogens is 287 g/mol. The fourth-order valence-electron chi connectivity index (χ4n) is 2.82. The monoisotopic (exact) mass is 304 g/mol. The highest BCUT2D eigenvalue weighted by molar-refractivity contribution is 5.91. The fourth-order valence-corrected chi connectivity index (χ4v) is 2.82. The van der Waals surface area contributed by atoms with Crippen LogP contribution in [0, 0.1) is 5.82 Å². The molecule has 0 atom stereocenters. The van der Waals surface area contributed by atoms with Gasteiger partial charge in [-0.1, -0.05) is 12.8 Å². The molecule has 1 amide bonds. The van der Waals surface area contributed by atoms with Gasteiger partial charge in [0.05, 0.1) is 12.0 Å². The average molecular weight is 304 g/mol. The van der Waals surface area contributed by atoms with E-state index in [9.17, 15) is 14.3 Å². The Morgan fingerprint density at radius 3 is 2.82 bits per heavy atom. The molecule has 1 heterocycles. The predicted molar refractivity (Wildman–Crippen MR) is 78.0 cm³/mol. The van der Waals surface area contributed by atoms with E-state index in [1.165, 1.54) is 29.5 Å². The van der Waals surface area contributed by atoms with Crippen LogP contribution in [0.1, 0.15) is 32.1 Å². The number of rotatable bonds is 4. The van der Waals surface area contributed by atoms with E-state index >= 15 is 0 Å². The van der Waals surface area contributed by atoms with Crippen LogP contribution in [0.25, 0.3) is 5.69 Å². The Kier molecular flexibility index (Phi) is 3.89. The van der Waals surface area contributed by atoms with Crippen LogP contribution in [-0.4, -0.2) is 31.4 Å². The SMILES string of the molecule is O=C(CC1(O)CCCC1)Nc1ccc(-n2cncn2)c(F)c1. The van der Waals surface area contributed by atoms with E-state index in [0.29, 0.717) is 18.5 Å². The highest BCUT2D eigenvalue weighted by Crippen LogP contribution is 2.32. The van der Waals surface area contributed by atoms with Crippen molar-refractivity contribution >= 4 is 11.6 Å². The quantitative estimate of drug-likeness (QED) is 0.906. The summed E-state index contributed by atoms with van der Waals surface area (Å²) < 4.78 is 15.4. The predicted octanol–water partition coefficient (Wildman–Crippen LogP) is 2.04. The highest BCUT2D eigenvalue weighted by atomic mass is 19.1. The first-order valence-electron chi connectivity index (χ1n) is 7.23. The van der Waals surface area contributed by atoms with Gasteiger partial charge in [-0.15, -0.1) is 0 Å². The van der Waals surface area contributed by atoms with Crippen molar-refractivity contribution in [3.63, 3.8) is 0 Å². The van der Waals surface area contributed by atoms with E-state index in [0.717, 1.165) is 12.8 Å². The number of aliphatic hydroxyl groups is 1. The van der Waals surface area contributed by atoms with Crippen LogP contribution < -0.4 is 5.32 Å². The molecule has 1 aromatic carbocycles. The van der Waals surface area contributed by atoms with Gasteiger partial charge < -0.3 is 10.4 Å². The van der Waals surface area contributed by atoms with Crippen LogP contribution in [0.4, 0.5) is 10.1 Å². The zero-order valence-corrected chi connectivity index (χ0v) is 12.0. The van der Waals surface area contributed by atoms with Crippen molar-refractivity contribution in [3.05, 3.63) is 36.7 Å². The topological polar surface area (TPSA) is 80.0 Å². The number of carbonyl (C=O) groups excluding carboxylic acids is 1. The molecule has 0 saturated heterocycles. The second-order valence-corrected chi connectivity index (χ2v) is 5.66. The van der Waals surface area contributed by atoms with E-state index in [-0.39, 0.29) is 18.0 Å². The molecule has 1 aliphatic carbocycles. The summed E-state index contributed by atoms with van der Waals surface area (Å²) in [7, 11) is 0. The van der Waals surface area contributed by atoms with Gasteiger partial charge >= 0.3 is 0 Å². The minimum Gasteiger partial charge on any atom is -0.389 e. The zero-order chi connectivity index (χ0) is 15.6. The lowest BCUT2D eigenvalue weighted by molar-refractivity contribution is -0.120. The van der Waals surface area contributed by atoms with Crippen LogP contribution in [0.5, 0.6) is 0 Å². The molecule has 0 aliphatic heterocycles. The normalized spacial score (nSPS) is 16.6. The van der Waals surface area contributed by atoms with Gasteiger partial charge in [0.2, 0.25) is 5.91 Å². The Morgan fingerprint density at radius 1 is 1.41 bits per heavy atom. The number of benzene rings is 1. The lowest BCUT2D eigenvalue weighted by atomic mass is 9.97. The summed E-state index contributed by atoms with van der Waals surface area (Å²) in [5.74, 6) is -0.819. The van der Waals surface area contributed by atoms with Gasteiger partial charge in [-0.2, -0.15) is 5.10 Å². The number of hydrogen-bond acceptors (Lipinski definition) is 4. The van der Waals surface area contributed by atoms with Crippen molar-refractivity contribution < 1.29 is 14.3 Å². The Morgan fingerprint density at radius 2 is 2.18 bits per heavy atom. The van der Waals surface area contributed by atoms with Crippen LogP contribution >= 0.6 is 0 Å². The number of hydrogen-bond donors (Lipinski definition) is 2. The molecule has 0 bridgehead atoms. The number of amides is 1. The largest absolute Gasteiger partial charge is 0.389 e. The second kappa shape index (κ2) is 5.84. The van der Waals surface area contributed by atoms with Gasteiger partial charge in [-0.25, -0.2) is 14.1 Å². The van der Waals surface area contributed by atoms with Crippen LogP contribution in [0.2, 0.25) is 0 Å². The summed E-state index contributed by atoms with van der Waals surface area (Å²) >= 11 is 0. The first-order valence-corrected chi connectivity index (χ1v) is 7.23. The zero-order valence-electron chi connectivity index (χ0n) is 12.0. The molecule has 1 fully saturated rings. The smallest absolute Gasteiger partial charge is 0.227 e. The third-order valence-corrected chi connectivity index (χ3v) is 3.92. The Balaban J connectivity index is 1.68. The van der Waals surface area contributed by atoms with Gasteiger partial charge in [0.25, 0.3) is 0 Å². The Bertz CT molecular complexity index is 666.